The quantitative estimate of drug-likeness (QED) is 0.782. The van der Waals surface area contributed by atoms with Gasteiger partial charge in [0.25, 0.3) is 5.91 Å². The van der Waals surface area contributed by atoms with Crippen LogP contribution in [0.4, 0.5) is 5.69 Å². The first-order valence-corrected chi connectivity index (χ1v) is 4.98. The van der Waals surface area contributed by atoms with Gasteiger partial charge in [0.15, 0.2) is 0 Å². The van der Waals surface area contributed by atoms with Crippen molar-refractivity contribution in [2.75, 3.05) is 5.06 Å². The van der Waals surface area contributed by atoms with Gasteiger partial charge in [-0.15, -0.1) is 5.06 Å². The molecular weight excluding hydrogens is 208 g/mol. The molecule has 1 aromatic rings. The molecule has 2 N–H and O–H groups in total. The first-order chi connectivity index (χ1) is 7.59. The van der Waals surface area contributed by atoms with E-state index in [1.54, 1.807) is 12.1 Å². The van der Waals surface area contributed by atoms with Gasteiger partial charge in [0, 0.05) is 0 Å². The summed E-state index contributed by atoms with van der Waals surface area (Å²) in [4.78, 5) is 27.8. The van der Waals surface area contributed by atoms with Crippen LogP contribution < -0.4 is 10.8 Å². The standard InChI is InChI=1S/C11H12N2O3/c1-7(12)11(15)16-13-9-5-3-2-4-8(9)6-10(13)14/h2-5,7H,6,12H2,1H3/t7-/m0/s1. The molecule has 5 nitrogen and oxygen atoms in total. The molecule has 1 aliphatic rings. The summed E-state index contributed by atoms with van der Waals surface area (Å²) >= 11 is 0. The number of carbonyl (C=O) groups is 2. The molecule has 0 fully saturated rings. The second-order valence-electron chi connectivity index (χ2n) is 3.69. The van der Waals surface area contributed by atoms with Crippen molar-refractivity contribution in [2.45, 2.75) is 19.4 Å². The van der Waals surface area contributed by atoms with Crippen LogP contribution in [0.25, 0.3) is 0 Å². The van der Waals surface area contributed by atoms with E-state index in [2.05, 4.69) is 0 Å². The van der Waals surface area contributed by atoms with Gasteiger partial charge in [0.1, 0.15) is 6.04 Å². The van der Waals surface area contributed by atoms with Gasteiger partial charge in [0.2, 0.25) is 0 Å². The third-order valence-corrected chi connectivity index (χ3v) is 2.33. The third-order valence-electron chi connectivity index (χ3n) is 2.33. The Kier molecular flexibility index (Phi) is 2.62. The topological polar surface area (TPSA) is 72.6 Å². The monoisotopic (exact) mass is 220 g/mol. The number of nitrogens with zero attached hydrogens (tertiary/aromatic N) is 1. The minimum atomic E-state index is -0.749. The Hall–Kier alpha value is -1.88. The van der Waals surface area contributed by atoms with Crippen LogP contribution in [0.5, 0.6) is 0 Å². The SMILES string of the molecule is C[C@H](N)C(=O)ON1C(=O)Cc2ccccc21. The highest BCUT2D eigenvalue weighted by molar-refractivity contribution is 6.01. The molecule has 2 rings (SSSR count). The molecule has 1 atom stereocenters. The smallest absolute Gasteiger partial charge is 0.331 e. The van der Waals surface area contributed by atoms with Gasteiger partial charge >= 0.3 is 5.97 Å². The molecule has 0 saturated heterocycles. The zero-order chi connectivity index (χ0) is 11.7. The number of nitrogens with two attached hydrogens (primary N) is 1. The molecular formula is C11H12N2O3. The van der Waals surface area contributed by atoms with E-state index in [4.69, 9.17) is 10.6 Å². The highest BCUT2D eigenvalue weighted by Crippen LogP contribution is 2.28. The predicted molar refractivity (Wildman–Crippen MR) is 57.4 cm³/mol. The summed E-state index contributed by atoms with van der Waals surface area (Å²) in [5.41, 5.74) is 6.83. The Morgan fingerprint density at radius 1 is 1.50 bits per heavy atom. The third kappa shape index (κ3) is 1.77. The van der Waals surface area contributed by atoms with Crippen LogP contribution in [0.2, 0.25) is 0 Å². The van der Waals surface area contributed by atoms with E-state index in [1.165, 1.54) is 6.92 Å². The molecule has 1 aliphatic heterocycles. The van der Waals surface area contributed by atoms with Gasteiger partial charge in [-0.1, -0.05) is 18.2 Å². The van der Waals surface area contributed by atoms with Gasteiger partial charge < -0.3 is 10.6 Å². The number of carbonyl (C=O) groups excluding carboxylic acids is 2. The molecule has 0 bridgehead atoms. The largest absolute Gasteiger partial charge is 0.349 e. The first kappa shape index (κ1) is 10.6. The fourth-order valence-corrected chi connectivity index (χ4v) is 1.50. The van der Waals surface area contributed by atoms with Crippen LogP contribution in [0.15, 0.2) is 24.3 Å². The lowest BCUT2D eigenvalue weighted by Crippen LogP contribution is -2.37. The van der Waals surface area contributed by atoms with Crippen molar-refractivity contribution in [3.63, 3.8) is 0 Å². The number of amides is 1. The Bertz CT molecular complexity index is 443. The summed E-state index contributed by atoms with van der Waals surface area (Å²) in [7, 11) is 0. The maximum Gasteiger partial charge on any atom is 0.349 e. The van der Waals surface area contributed by atoms with Crippen molar-refractivity contribution in [1.82, 2.24) is 0 Å². The zero-order valence-corrected chi connectivity index (χ0v) is 8.84. The molecule has 0 unspecified atom stereocenters. The molecule has 1 amide bonds. The van der Waals surface area contributed by atoms with E-state index in [1.807, 2.05) is 12.1 Å². The highest BCUT2D eigenvalue weighted by Gasteiger charge is 2.30. The highest BCUT2D eigenvalue weighted by atomic mass is 16.7. The summed E-state index contributed by atoms with van der Waals surface area (Å²) < 4.78 is 0. The lowest BCUT2D eigenvalue weighted by Gasteiger charge is -2.17. The van der Waals surface area contributed by atoms with Crippen molar-refractivity contribution in [3.8, 4) is 0 Å². The number of hydrogen-bond donors (Lipinski definition) is 1. The summed E-state index contributed by atoms with van der Waals surface area (Å²) in [6.45, 7) is 1.51. The normalized spacial score (nSPS) is 15.9. The van der Waals surface area contributed by atoms with Crippen molar-refractivity contribution in [2.24, 2.45) is 5.73 Å². The minimum absolute atomic E-state index is 0.252. The Morgan fingerprint density at radius 2 is 2.19 bits per heavy atom. The molecule has 1 heterocycles. The Balaban J connectivity index is 2.23. The number of benzene rings is 1. The van der Waals surface area contributed by atoms with E-state index < -0.39 is 12.0 Å². The average Bonchev–Trinajstić information content (AvgIpc) is 2.55. The van der Waals surface area contributed by atoms with E-state index >= 15 is 0 Å². The molecule has 84 valence electrons. The van der Waals surface area contributed by atoms with Crippen molar-refractivity contribution >= 4 is 17.6 Å². The maximum absolute atomic E-state index is 11.6. The lowest BCUT2D eigenvalue weighted by atomic mass is 10.2. The number of para-hydroxylation sites is 1. The molecule has 16 heavy (non-hydrogen) atoms. The van der Waals surface area contributed by atoms with Crippen LogP contribution in [-0.4, -0.2) is 17.9 Å². The number of hydrogen-bond acceptors (Lipinski definition) is 4. The second kappa shape index (κ2) is 3.94. The first-order valence-electron chi connectivity index (χ1n) is 4.98. The molecule has 0 spiro atoms. The van der Waals surface area contributed by atoms with Gasteiger partial charge in [-0.25, -0.2) is 4.79 Å². The summed E-state index contributed by atoms with van der Waals surface area (Å²) in [5.74, 6) is -0.875. The lowest BCUT2D eigenvalue weighted by molar-refractivity contribution is -0.150. The molecule has 0 radical (unpaired) electrons. The van der Waals surface area contributed by atoms with Crippen LogP contribution in [0, 0.1) is 0 Å². The van der Waals surface area contributed by atoms with E-state index in [0.717, 1.165) is 10.6 Å². The van der Waals surface area contributed by atoms with Crippen LogP contribution >= 0.6 is 0 Å². The average molecular weight is 220 g/mol. The minimum Gasteiger partial charge on any atom is -0.331 e. The van der Waals surface area contributed by atoms with Gasteiger partial charge in [-0.05, 0) is 18.6 Å². The zero-order valence-electron chi connectivity index (χ0n) is 8.84. The summed E-state index contributed by atoms with van der Waals surface area (Å²) in [6.07, 6.45) is 0.252. The number of anilines is 1. The van der Waals surface area contributed by atoms with Crippen LogP contribution in [0.3, 0.4) is 0 Å². The molecule has 1 aromatic carbocycles. The fourth-order valence-electron chi connectivity index (χ4n) is 1.50. The van der Waals surface area contributed by atoms with E-state index in [-0.39, 0.29) is 12.3 Å². The molecule has 5 heteroatoms. The number of fused-ring (bicyclic) bond motifs is 1. The number of rotatable bonds is 2. The van der Waals surface area contributed by atoms with Crippen LogP contribution in [-0.2, 0) is 20.8 Å². The second-order valence-corrected chi connectivity index (χ2v) is 3.69. The van der Waals surface area contributed by atoms with Crippen molar-refractivity contribution < 1.29 is 14.4 Å². The molecule has 0 saturated carbocycles. The van der Waals surface area contributed by atoms with E-state index in [0.29, 0.717) is 5.69 Å². The Morgan fingerprint density at radius 3 is 2.88 bits per heavy atom. The van der Waals surface area contributed by atoms with Gasteiger partial charge in [0.05, 0.1) is 12.1 Å². The van der Waals surface area contributed by atoms with E-state index in [9.17, 15) is 9.59 Å². The van der Waals surface area contributed by atoms with Crippen LogP contribution in [0.1, 0.15) is 12.5 Å². The summed E-state index contributed by atoms with van der Waals surface area (Å²) in [6, 6.07) is 6.43. The van der Waals surface area contributed by atoms with Gasteiger partial charge in [-0.3, -0.25) is 4.79 Å². The number of hydroxylamine groups is 1. The summed E-state index contributed by atoms with van der Waals surface area (Å²) in [5, 5.41) is 1.01. The molecule has 0 aliphatic carbocycles. The van der Waals surface area contributed by atoms with Crippen molar-refractivity contribution in [3.05, 3.63) is 29.8 Å². The Labute approximate surface area is 92.7 Å². The molecule has 0 aromatic heterocycles. The maximum atomic E-state index is 11.6. The fraction of sp³-hybridized carbons (Fsp3) is 0.273. The predicted octanol–water partition coefficient (Wildman–Crippen LogP) is 0.381. The van der Waals surface area contributed by atoms with Gasteiger partial charge in [-0.2, -0.15) is 0 Å². The van der Waals surface area contributed by atoms with Crippen molar-refractivity contribution in [1.29, 1.82) is 0 Å².